The van der Waals surface area contributed by atoms with Crippen LogP contribution in [0.3, 0.4) is 0 Å². The SMILES string of the molecule is C[I-]C(=O)[NH+](C)[NH-]. The van der Waals surface area contributed by atoms with Crippen LogP contribution in [-0.2, 0) is 0 Å². The molecule has 44 valence electrons. The Kier molecular flexibility index (Phi) is 3.49. The van der Waals surface area contributed by atoms with E-state index >= 15 is 0 Å². The summed E-state index contributed by atoms with van der Waals surface area (Å²) in [5.74, 6) is 6.78. The molecule has 0 aliphatic rings. The Morgan fingerprint density at radius 3 is 2.29 bits per heavy atom. The summed E-state index contributed by atoms with van der Waals surface area (Å²) in [6.07, 6.45) is 0. The number of quaternary nitrogens is 1. The third kappa shape index (κ3) is 2.95. The van der Waals surface area contributed by atoms with Gasteiger partial charge < -0.3 is 0 Å². The second-order valence-electron chi connectivity index (χ2n) is 1.09. The molecule has 1 amide bonds. The number of carbonyl (C=O) groups is 1. The first-order chi connectivity index (χ1) is 3.18. The van der Waals surface area contributed by atoms with Crippen LogP contribution < -0.4 is 26.2 Å². The zero-order chi connectivity index (χ0) is 5.86. The number of carbonyl (C=O) groups excluding carboxylic acids is 1. The molecule has 0 aliphatic heterocycles. The van der Waals surface area contributed by atoms with Crippen LogP contribution in [0.2, 0.25) is 0 Å². The summed E-state index contributed by atoms with van der Waals surface area (Å²) in [6.45, 7) is 0. The molecule has 0 aromatic carbocycles. The number of alkyl halides is 1. The van der Waals surface area contributed by atoms with Crippen molar-refractivity contribution in [1.82, 2.24) is 0 Å². The zero-order valence-corrected chi connectivity index (χ0v) is 6.44. The van der Waals surface area contributed by atoms with E-state index in [0.717, 1.165) is 0 Å². The topological polar surface area (TPSA) is 45.3 Å². The molecular formula is C3H8IN2O-. The fraction of sp³-hybridized carbons (Fsp3) is 0.667. The van der Waals surface area contributed by atoms with E-state index in [1.165, 1.54) is 7.05 Å². The van der Waals surface area contributed by atoms with Gasteiger partial charge in [-0.25, -0.2) is 0 Å². The van der Waals surface area contributed by atoms with Crippen molar-refractivity contribution in [2.45, 2.75) is 0 Å². The standard InChI is InChI=1S/C3H8IN2O/c1-4-3(7)6(2)5/h5-6H,1-2H3/q-1. The molecule has 7 heavy (non-hydrogen) atoms. The molecule has 1 unspecified atom stereocenters. The van der Waals surface area contributed by atoms with E-state index in [1.54, 1.807) is 0 Å². The molecule has 0 rings (SSSR count). The molecule has 0 saturated heterocycles. The molecular weight excluding hydrogens is 207 g/mol. The number of hydrogen-bond donors (Lipinski definition) is 1. The molecule has 0 spiro atoms. The van der Waals surface area contributed by atoms with Gasteiger partial charge in [-0.3, -0.25) is 0 Å². The van der Waals surface area contributed by atoms with E-state index in [2.05, 4.69) is 0 Å². The molecule has 0 heterocycles. The number of halogens is 1. The second-order valence-corrected chi connectivity index (χ2v) is 3.15. The van der Waals surface area contributed by atoms with Crippen molar-refractivity contribution < 1.29 is 31.0 Å². The van der Waals surface area contributed by atoms with Crippen molar-refractivity contribution >= 4 is 3.91 Å². The summed E-state index contributed by atoms with van der Waals surface area (Å²) in [5, 5.41) is 0.204. The summed E-state index contributed by atoms with van der Waals surface area (Å²) in [6, 6.07) is 0. The molecule has 0 bridgehead atoms. The minimum absolute atomic E-state index is 0.0406. The van der Waals surface area contributed by atoms with Gasteiger partial charge in [0.15, 0.2) is 0 Å². The normalized spacial score (nSPS) is 14.1. The van der Waals surface area contributed by atoms with E-state index < -0.39 is 0 Å². The van der Waals surface area contributed by atoms with Crippen molar-refractivity contribution in [3.63, 3.8) is 0 Å². The first-order valence-corrected chi connectivity index (χ1v) is 5.01. The van der Waals surface area contributed by atoms with Crippen LogP contribution in [0.5, 0.6) is 0 Å². The van der Waals surface area contributed by atoms with E-state index in [4.69, 9.17) is 5.84 Å². The van der Waals surface area contributed by atoms with E-state index in [0.29, 0.717) is 0 Å². The van der Waals surface area contributed by atoms with Crippen LogP contribution in [0.15, 0.2) is 0 Å². The van der Waals surface area contributed by atoms with Crippen LogP contribution in [-0.4, -0.2) is 15.9 Å². The van der Waals surface area contributed by atoms with Gasteiger partial charge in [0.05, 0.1) is 0 Å². The number of rotatable bonds is 1. The van der Waals surface area contributed by atoms with Gasteiger partial charge in [-0.1, -0.05) is 0 Å². The van der Waals surface area contributed by atoms with Crippen LogP contribution in [0, 0.1) is 0 Å². The summed E-state index contributed by atoms with van der Waals surface area (Å²) in [4.78, 5) is 12.2. The maximum absolute atomic E-state index is 10.3. The summed E-state index contributed by atoms with van der Waals surface area (Å²) in [7, 11) is 1.53. The maximum atomic E-state index is 10.3. The Hall–Kier alpha value is 0.320. The van der Waals surface area contributed by atoms with E-state index in [1.807, 2.05) is 4.93 Å². The van der Waals surface area contributed by atoms with Crippen molar-refractivity contribution in [3.05, 3.63) is 5.84 Å². The molecule has 4 heteroatoms. The monoisotopic (exact) mass is 215 g/mol. The molecule has 0 fully saturated rings. The quantitative estimate of drug-likeness (QED) is 0.158. The molecule has 1 atom stereocenters. The number of nitrogens with one attached hydrogen (secondary N) is 2. The van der Waals surface area contributed by atoms with Crippen molar-refractivity contribution in [2.75, 3.05) is 12.0 Å². The minimum atomic E-state index is -0.359. The molecule has 0 aliphatic carbocycles. The van der Waals surface area contributed by atoms with Crippen LogP contribution in [0.4, 0.5) is 4.79 Å². The Labute approximate surface area is 53.1 Å². The van der Waals surface area contributed by atoms with Crippen molar-refractivity contribution in [3.8, 4) is 0 Å². The van der Waals surface area contributed by atoms with Crippen LogP contribution in [0.25, 0.3) is 5.84 Å². The van der Waals surface area contributed by atoms with E-state index in [-0.39, 0.29) is 30.1 Å². The third-order valence-electron chi connectivity index (χ3n) is 0.466. The average Bonchev–Trinajstić information content (AvgIpc) is 1.65. The van der Waals surface area contributed by atoms with Gasteiger partial charge in [0.25, 0.3) is 0 Å². The summed E-state index contributed by atoms with van der Waals surface area (Å²) >= 11 is -0.359. The van der Waals surface area contributed by atoms with Gasteiger partial charge in [0.2, 0.25) is 0 Å². The Morgan fingerprint density at radius 1 is 1.86 bits per heavy atom. The summed E-state index contributed by atoms with van der Waals surface area (Å²) in [5.41, 5.74) is 0. The van der Waals surface area contributed by atoms with Gasteiger partial charge >= 0.3 is 52.7 Å². The molecule has 3 nitrogen and oxygen atoms in total. The molecule has 0 aromatic rings. The van der Waals surface area contributed by atoms with Gasteiger partial charge in [-0.15, -0.1) is 0 Å². The van der Waals surface area contributed by atoms with Gasteiger partial charge in [-0.05, 0) is 0 Å². The predicted molar refractivity (Wildman–Crippen MR) is 22.5 cm³/mol. The van der Waals surface area contributed by atoms with Gasteiger partial charge in [0, 0.05) is 0 Å². The molecule has 0 saturated carbocycles. The first kappa shape index (κ1) is 7.32. The Morgan fingerprint density at radius 2 is 2.29 bits per heavy atom. The predicted octanol–water partition coefficient (Wildman–Crippen LogP) is -3.69. The average molecular weight is 215 g/mol. The van der Waals surface area contributed by atoms with E-state index in [9.17, 15) is 4.79 Å². The number of amides is 1. The number of hydrogen-bond acceptors (Lipinski definition) is 1. The Balaban J connectivity index is 3.35. The Bertz CT molecular complexity index is 73.3. The first-order valence-electron chi connectivity index (χ1n) is 1.77. The molecule has 0 aromatic heterocycles. The van der Waals surface area contributed by atoms with Crippen molar-refractivity contribution in [1.29, 1.82) is 0 Å². The summed E-state index contributed by atoms with van der Waals surface area (Å²) < 4.78 is 0.0406. The molecule has 2 N–H and O–H groups in total. The fourth-order valence-electron chi connectivity index (χ4n) is 0.142. The second kappa shape index (κ2) is 3.34. The third-order valence-corrected chi connectivity index (χ3v) is 2.26. The van der Waals surface area contributed by atoms with Crippen LogP contribution >= 0.6 is 0 Å². The van der Waals surface area contributed by atoms with Crippen molar-refractivity contribution in [2.24, 2.45) is 0 Å². The van der Waals surface area contributed by atoms with Crippen LogP contribution in [0.1, 0.15) is 0 Å². The molecule has 0 radical (unpaired) electrons. The van der Waals surface area contributed by atoms with Gasteiger partial charge in [0.1, 0.15) is 0 Å². The van der Waals surface area contributed by atoms with Gasteiger partial charge in [-0.2, -0.15) is 0 Å². The zero-order valence-electron chi connectivity index (χ0n) is 4.29. The fourth-order valence-corrected chi connectivity index (χ4v) is 0.951.